The number of piperazine rings is 1. The average Bonchev–Trinajstić information content (AvgIpc) is 3.29. The molecule has 2 aliphatic rings. The fourth-order valence-electron chi connectivity index (χ4n) is 4.80. The van der Waals surface area contributed by atoms with Crippen LogP contribution in [0.15, 0.2) is 35.4 Å². The fourth-order valence-corrected chi connectivity index (χ4v) is 6.85. The van der Waals surface area contributed by atoms with Gasteiger partial charge in [-0.25, -0.2) is 13.4 Å². The van der Waals surface area contributed by atoms with Gasteiger partial charge in [-0.1, -0.05) is 0 Å². The molecule has 9 nitrogen and oxygen atoms in total. The molecule has 2 saturated heterocycles. The molecular weight excluding hydrogens is 500 g/mol. The van der Waals surface area contributed by atoms with Crippen molar-refractivity contribution in [2.75, 3.05) is 52.3 Å². The Morgan fingerprint density at radius 3 is 2.64 bits per heavy atom. The van der Waals surface area contributed by atoms with Gasteiger partial charge in [0.15, 0.2) is 0 Å². The van der Waals surface area contributed by atoms with E-state index in [1.165, 1.54) is 10.6 Å². The Kier molecular flexibility index (Phi) is 7.45. The van der Waals surface area contributed by atoms with Gasteiger partial charge in [-0.3, -0.25) is 9.69 Å². The second kappa shape index (κ2) is 10.6. The van der Waals surface area contributed by atoms with Crippen molar-refractivity contribution in [2.45, 2.75) is 19.4 Å². The van der Waals surface area contributed by atoms with E-state index in [9.17, 15) is 13.2 Å². The number of nitrogens with zero attached hydrogens (tertiary/aromatic N) is 4. The Balaban J connectivity index is 1.37. The molecule has 2 fully saturated rings. The van der Waals surface area contributed by atoms with Crippen LogP contribution in [0.25, 0.3) is 21.2 Å². The summed E-state index contributed by atoms with van der Waals surface area (Å²) in [5, 5.41) is 0.700. The van der Waals surface area contributed by atoms with Crippen molar-refractivity contribution in [1.82, 2.24) is 18.8 Å². The van der Waals surface area contributed by atoms with Crippen LogP contribution in [0.3, 0.4) is 0 Å². The number of pyridine rings is 2. The predicted octanol–water partition coefficient (Wildman–Crippen LogP) is 2.54. The van der Waals surface area contributed by atoms with Crippen LogP contribution in [0, 0.1) is 5.92 Å². The Hall–Kier alpha value is -2.31. The van der Waals surface area contributed by atoms with Gasteiger partial charge in [-0.05, 0) is 36.5 Å². The van der Waals surface area contributed by atoms with Crippen molar-refractivity contribution in [3.8, 4) is 17.0 Å². The molecule has 3 aromatic heterocycles. The molecule has 0 aliphatic carbocycles. The maximum Gasteiger partial charge on any atom is 0.259 e. The highest BCUT2D eigenvalue weighted by atomic mass is 32.2. The second-order valence-corrected chi connectivity index (χ2v) is 12.7. The number of aryl methyl sites for hydroxylation is 1. The van der Waals surface area contributed by atoms with Crippen LogP contribution in [-0.2, 0) is 28.4 Å². The molecule has 5 rings (SSSR count). The number of hydrogen-bond acceptors (Lipinski definition) is 8. The lowest BCUT2D eigenvalue weighted by Gasteiger charge is -2.32. The molecule has 0 atom stereocenters. The minimum absolute atomic E-state index is 0.0248. The predicted molar refractivity (Wildman–Crippen MR) is 141 cm³/mol. The van der Waals surface area contributed by atoms with Crippen LogP contribution in [-0.4, -0.2) is 79.4 Å². The summed E-state index contributed by atoms with van der Waals surface area (Å²) < 4.78 is 39.2. The number of thiophene rings is 1. The topological polar surface area (TPSA) is 94.0 Å². The van der Waals surface area contributed by atoms with Crippen molar-refractivity contribution in [2.24, 2.45) is 13.0 Å². The smallest absolute Gasteiger partial charge is 0.259 e. The summed E-state index contributed by atoms with van der Waals surface area (Å²) in [4.78, 5) is 20.7. The third-order valence-electron chi connectivity index (χ3n) is 6.93. The maximum absolute atomic E-state index is 13.0. The highest BCUT2D eigenvalue weighted by Gasteiger charge is 2.24. The average molecular weight is 533 g/mol. The minimum Gasteiger partial charge on any atom is -0.477 e. The van der Waals surface area contributed by atoms with E-state index in [2.05, 4.69) is 9.88 Å². The van der Waals surface area contributed by atoms with Gasteiger partial charge in [0, 0.05) is 86.6 Å². The Labute approximate surface area is 215 Å². The number of fused-ring (bicyclic) bond motifs is 1. The zero-order chi connectivity index (χ0) is 25.3. The van der Waals surface area contributed by atoms with Gasteiger partial charge in [0.2, 0.25) is 15.9 Å². The molecule has 36 heavy (non-hydrogen) atoms. The highest BCUT2D eigenvalue weighted by molar-refractivity contribution is 7.88. The van der Waals surface area contributed by atoms with Gasteiger partial charge in [0.25, 0.3) is 5.56 Å². The molecule has 194 valence electrons. The van der Waals surface area contributed by atoms with Gasteiger partial charge in [-0.15, -0.1) is 11.3 Å². The molecule has 0 saturated carbocycles. The molecule has 0 N–H and O–H groups in total. The van der Waals surface area contributed by atoms with Gasteiger partial charge < -0.3 is 14.0 Å². The number of sulfonamides is 1. The molecule has 0 bridgehead atoms. The first-order valence-corrected chi connectivity index (χ1v) is 14.9. The zero-order valence-corrected chi connectivity index (χ0v) is 22.3. The molecule has 2 aliphatic heterocycles. The minimum atomic E-state index is -3.16. The molecule has 0 radical (unpaired) electrons. The Morgan fingerprint density at radius 1 is 1.17 bits per heavy atom. The van der Waals surface area contributed by atoms with Crippen molar-refractivity contribution in [3.05, 3.63) is 45.8 Å². The van der Waals surface area contributed by atoms with Gasteiger partial charge >= 0.3 is 0 Å². The summed E-state index contributed by atoms with van der Waals surface area (Å²) in [5.41, 5.74) is 1.91. The van der Waals surface area contributed by atoms with Crippen LogP contribution in [0.2, 0.25) is 0 Å². The lowest BCUT2D eigenvalue weighted by Crippen LogP contribution is -2.47. The van der Waals surface area contributed by atoms with Crippen molar-refractivity contribution < 1.29 is 17.9 Å². The van der Waals surface area contributed by atoms with E-state index in [0.717, 1.165) is 46.8 Å². The second-order valence-electron chi connectivity index (χ2n) is 9.60. The van der Waals surface area contributed by atoms with E-state index >= 15 is 0 Å². The van der Waals surface area contributed by atoms with Crippen molar-refractivity contribution in [3.63, 3.8) is 0 Å². The van der Waals surface area contributed by atoms with E-state index in [0.29, 0.717) is 56.5 Å². The molecule has 3 aromatic rings. The zero-order valence-electron chi connectivity index (χ0n) is 20.7. The van der Waals surface area contributed by atoms with Crippen molar-refractivity contribution >= 4 is 31.4 Å². The number of hydrogen-bond donors (Lipinski definition) is 0. The number of aromatic nitrogens is 2. The fraction of sp³-hybridized carbons (Fsp3) is 0.520. The van der Waals surface area contributed by atoms with Crippen LogP contribution >= 0.6 is 11.3 Å². The van der Waals surface area contributed by atoms with Crippen LogP contribution in [0.5, 0.6) is 5.88 Å². The number of ether oxygens (including phenoxy) is 2. The number of rotatable bonds is 7. The van der Waals surface area contributed by atoms with Gasteiger partial charge in [-0.2, -0.15) is 4.31 Å². The summed E-state index contributed by atoms with van der Waals surface area (Å²) in [6.45, 7) is 5.20. The normalized spacial score (nSPS) is 18.6. The summed E-state index contributed by atoms with van der Waals surface area (Å²) in [6, 6.07) is 5.88. The van der Waals surface area contributed by atoms with E-state index in [1.807, 2.05) is 24.4 Å². The van der Waals surface area contributed by atoms with E-state index in [4.69, 9.17) is 9.47 Å². The largest absolute Gasteiger partial charge is 0.477 e. The third kappa shape index (κ3) is 5.65. The lowest BCUT2D eigenvalue weighted by atomic mass is 10.0. The molecule has 0 spiro atoms. The summed E-state index contributed by atoms with van der Waals surface area (Å²) in [5.74, 6) is 1.06. The molecular formula is C25H32N4O5S2. The monoisotopic (exact) mass is 532 g/mol. The van der Waals surface area contributed by atoms with Crippen LogP contribution < -0.4 is 10.3 Å². The van der Waals surface area contributed by atoms with Crippen LogP contribution in [0.4, 0.5) is 0 Å². The lowest BCUT2D eigenvalue weighted by molar-refractivity contribution is 0.0490. The molecule has 0 unspecified atom stereocenters. The van der Waals surface area contributed by atoms with Crippen molar-refractivity contribution in [1.29, 1.82) is 0 Å². The van der Waals surface area contributed by atoms with Crippen LogP contribution in [0.1, 0.15) is 17.7 Å². The first-order valence-electron chi connectivity index (χ1n) is 12.2. The molecule has 5 heterocycles. The standard InChI is InChI=1S/C25H32N4O5S2/c1-27-16-22(19-3-6-26-23(13-19)34-17-18-4-11-33-12-5-18)24-21(25(27)30)14-20(35-24)15-28-7-9-29(10-8-28)36(2,31)32/h3,6,13-14,16,18H,4-5,7-12,15,17H2,1-2H3. The summed E-state index contributed by atoms with van der Waals surface area (Å²) in [6.07, 6.45) is 6.89. The van der Waals surface area contributed by atoms with E-state index in [1.54, 1.807) is 29.1 Å². The van der Waals surface area contributed by atoms with E-state index in [-0.39, 0.29) is 5.56 Å². The molecule has 0 amide bonds. The highest BCUT2D eigenvalue weighted by Crippen LogP contribution is 2.35. The maximum atomic E-state index is 13.0. The SMILES string of the molecule is Cn1cc(-c2ccnc(OCC3CCOCC3)c2)c2sc(CN3CCN(S(C)(=O)=O)CC3)cc2c1=O. The van der Waals surface area contributed by atoms with Gasteiger partial charge in [0.1, 0.15) is 0 Å². The summed E-state index contributed by atoms with van der Waals surface area (Å²) >= 11 is 1.62. The third-order valence-corrected chi connectivity index (χ3v) is 9.39. The Morgan fingerprint density at radius 2 is 1.92 bits per heavy atom. The first-order chi connectivity index (χ1) is 17.3. The first kappa shape index (κ1) is 25.3. The Bertz CT molecular complexity index is 1390. The van der Waals surface area contributed by atoms with Gasteiger partial charge in [0.05, 0.1) is 18.2 Å². The van der Waals surface area contributed by atoms with E-state index < -0.39 is 10.0 Å². The molecule has 11 heteroatoms. The summed E-state index contributed by atoms with van der Waals surface area (Å²) in [7, 11) is -1.38. The quantitative estimate of drug-likeness (QED) is 0.462. The molecule has 0 aromatic carbocycles.